The molecule has 0 aliphatic heterocycles. The molecule has 1 heterocycles. The van der Waals surface area contributed by atoms with Gasteiger partial charge in [0.25, 0.3) is 0 Å². The number of benzene rings is 1. The zero-order valence-corrected chi connectivity index (χ0v) is 19.8. The van der Waals surface area contributed by atoms with E-state index in [1.54, 1.807) is 27.0 Å². The number of Topliss-reactive ketones (excluding diaryl/α,β-unsaturated/α-hetero) is 1. The van der Waals surface area contributed by atoms with Gasteiger partial charge in [-0.25, -0.2) is 8.42 Å². The van der Waals surface area contributed by atoms with Crippen molar-refractivity contribution in [3.05, 3.63) is 51.3 Å². The molecular weight excluding hydrogens is 438 g/mol. The Bertz CT molecular complexity index is 1090. The van der Waals surface area contributed by atoms with Gasteiger partial charge in [-0.1, -0.05) is 13.8 Å². The summed E-state index contributed by atoms with van der Waals surface area (Å²) >= 11 is 0. The summed E-state index contributed by atoms with van der Waals surface area (Å²) in [5, 5.41) is 11.5. The summed E-state index contributed by atoms with van der Waals surface area (Å²) in [5.74, 6) is -0.508. The van der Waals surface area contributed by atoms with E-state index in [1.165, 1.54) is 16.4 Å². The van der Waals surface area contributed by atoms with Crippen LogP contribution >= 0.6 is 0 Å². The minimum atomic E-state index is -3.87. The van der Waals surface area contributed by atoms with Crippen LogP contribution in [-0.4, -0.2) is 61.4 Å². The second-order valence-corrected chi connectivity index (χ2v) is 9.05. The Labute approximate surface area is 187 Å². The van der Waals surface area contributed by atoms with Crippen LogP contribution in [0.5, 0.6) is 5.75 Å². The summed E-state index contributed by atoms with van der Waals surface area (Å²) in [6, 6.07) is 5.16. The maximum atomic E-state index is 12.7. The third kappa shape index (κ3) is 5.34. The molecule has 0 spiro atoms. The fourth-order valence-electron chi connectivity index (χ4n) is 3.47. The van der Waals surface area contributed by atoms with Gasteiger partial charge in [0.05, 0.1) is 16.4 Å². The van der Waals surface area contributed by atoms with E-state index in [0.29, 0.717) is 18.7 Å². The summed E-state index contributed by atoms with van der Waals surface area (Å²) in [7, 11) is -2.27. The Morgan fingerprint density at radius 2 is 1.84 bits per heavy atom. The Kier molecular flexibility index (Phi) is 8.53. The molecule has 0 aliphatic carbocycles. The molecule has 176 valence electrons. The number of nitro benzene ring substituents is 1. The molecule has 10 nitrogen and oxygen atoms in total. The first-order chi connectivity index (χ1) is 15.1. The molecule has 0 N–H and O–H groups in total. The average Bonchev–Trinajstić information content (AvgIpc) is 3.04. The standard InChI is InChI=1S/C21H29N3O7S/c1-6-22(7-2)32(28,29)17-8-9-21(19(13-17)24(26)27)31-14-20(25)18-12-15(3)23(16(18)4)10-11-30-5/h8-9,12-13H,6-7,10-11,14H2,1-5H3. The van der Waals surface area contributed by atoms with Crippen LogP contribution in [0.3, 0.4) is 0 Å². The molecule has 0 amide bonds. The lowest BCUT2D eigenvalue weighted by Crippen LogP contribution is -2.30. The maximum absolute atomic E-state index is 12.7. The fourth-order valence-corrected chi connectivity index (χ4v) is 4.94. The number of rotatable bonds is 12. The summed E-state index contributed by atoms with van der Waals surface area (Å²) < 4.78 is 39.0. The Morgan fingerprint density at radius 1 is 1.19 bits per heavy atom. The SMILES string of the molecule is CCN(CC)S(=O)(=O)c1ccc(OCC(=O)c2cc(C)n(CCOC)c2C)c([N+](=O)[O-])c1. The Balaban J connectivity index is 2.27. The lowest BCUT2D eigenvalue weighted by Gasteiger charge is -2.18. The van der Waals surface area contributed by atoms with Crippen molar-refractivity contribution in [3.63, 3.8) is 0 Å². The number of methoxy groups -OCH3 is 1. The van der Waals surface area contributed by atoms with Crippen LogP contribution in [0, 0.1) is 24.0 Å². The van der Waals surface area contributed by atoms with Gasteiger partial charge in [0.2, 0.25) is 15.8 Å². The van der Waals surface area contributed by atoms with Crippen molar-refractivity contribution >= 4 is 21.5 Å². The van der Waals surface area contributed by atoms with Crippen LogP contribution < -0.4 is 4.74 Å². The fraction of sp³-hybridized carbons (Fsp3) is 0.476. The van der Waals surface area contributed by atoms with Crippen molar-refractivity contribution in [3.8, 4) is 5.75 Å². The lowest BCUT2D eigenvalue weighted by molar-refractivity contribution is -0.386. The van der Waals surface area contributed by atoms with E-state index in [4.69, 9.17) is 9.47 Å². The van der Waals surface area contributed by atoms with Crippen LogP contribution in [0.2, 0.25) is 0 Å². The predicted octanol–water partition coefficient (Wildman–Crippen LogP) is 2.95. The van der Waals surface area contributed by atoms with Crippen LogP contribution in [0.1, 0.15) is 35.6 Å². The van der Waals surface area contributed by atoms with Gasteiger partial charge in [-0.2, -0.15) is 4.31 Å². The van der Waals surface area contributed by atoms with Gasteiger partial charge in [0, 0.05) is 49.8 Å². The van der Waals surface area contributed by atoms with E-state index in [-0.39, 0.29) is 29.5 Å². The zero-order valence-electron chi connectivity index (χ0n) is 19.0. The lowest BCUT2D eigenvalue weighted by atomic mass is 10.1. The van der Waals surface area contributed by atoms with Gasteiger partial charge in [-0.05, 0) is 32.0 Å². The van der Waals surface area contributed by atoms with E-state index in [2.05, 4.69) is 0 Å². The van der Waals surface area contributed by atoms with Crippen molar-refractivity contribution in [1.29, 1.82) is 0 Å². The average molecular weight is 468 g/mol. The molecule has 11 heteroatoms. The second-order valence-electron chi connectivity index (χ2n) is 7.12. The number of hydrogen-bond donors (Lipinski definition) is 0. The van der Waals surface area contributed by atoms with Crippen molar-refractivity contribution in [2.75, 3.05) is 33.4 Å². The van der Waals surface area contributed by atoms with E-state index in [1.807, 2.05) is 18.4 Å². The second kappa shape index (κ2) is 10.7. The minimum absolute atomic E-state index is 0.171. The molecule has 0 saturated heterocycles. The molecule has 2 aromatic rings. The number of aryl methyl sites for hydroxylation is 1. The molecule has 32 heavy (non-hydrogen) atoms. The van der Waals surface area contributed by atoms with Crippen molar-refractivity contribution in [2.45, 2.75) is 39.1 Å². The molecule has 0 fully saturated rings. The predicted molar refractivity (Wildman–Crippen MR) is 119 cm³/mol. The van der Waals surface area contributed by atoms with Gasteiger partial charge in [0.15, 0.2) is 12.4 Å². The zero-order chi connectivity index (χ0) is 24.1. The largest absolute Gasteiger partial charge is 0.478 e. The molecular formula is C21H29N3O7S. The third-order valence-electron chi connectivity index (χ3n) is 5.22. The van der Waals surface area contributed by atoms with Crippen LogP contribution in [0.4, 0.5) is 5.69 Å². The number of sulfonamides is 1. The Hall–Kier alpha value is -2.76. The number of carbonyl (C=O) groups excluding carboxylic acids is 1. The molecule has 0 aliphatic rings. The number of aromatic nitrogens is 1. The maximum Gasteiger partial charge on any atom is 0.312 e. The quantitative estimate of drug-likeness (QED) is 0.267. The van der Waals surface area contributed by atoms with Gasteiger partial charge < -0.3 is 14.0 Å². The number of nitrogens with zero attached hydrogens (tertiary/aromatic N) is 3. The number of nitro groups is 1. The van der Waals surface area contributed by atoms with Crippen molar-refractivity contribution in [1.82, 2.24) is 8.87 Å². The molecule has 0 saturated carbocycles. The van der Waals surface area contributed by atoms with Gasteiger partial charge in [-0.3, -0.25) is 14.9 Å². The molecule has 0 atom stereocenters. The highest BCUT2D eigenvalue weighted by molar-refractivity contribution is 7.89. The Morgan fingerprint density at radius 3 is 2.41 bits per heavy atom. The van der Waals surface area contributed by atoms with Gasteiger partial charge in [-0.15, -0.1) is 0 Å². The van der Waals surface area contributed by atoms with Gasteiger partial charge in [0.1, 0.15) is 0 Å². The highest BCUT2D eigenvalue weighted by Gasteiger charge is 2.27. The first-order valence-corrected chi connectivity index (χ1v) is 11.6. The summed E-state index contributed by atoms with van der Waals surface area (Å²) in [6.07, 6.45) is 0. The first-order valence-electron chi connectivity index (χ1n) is 10.2. The van der Waals surface area contributed by atoms with E-state index in [0.717, 1.165) is 17.5 Å². The van der Waals surface area contributed by atoms with Gasteiger partial charge >= 0.3 is 5.69 Å². The molecule has 0 radical (unpaired) electrons. The van der Waals surface area contributed by atoms with E-state index in [9.17, 15) is 23.3 Å². The first kappa shape index (κ1) is 25.5. The molecule has 0 bridgehead atoms. The topological polar surface area (TPSA) is 121 Å². The monoisotopic (exact) mass is 467 g/mol. The van der Waals surface area contributed by atoms with E-state index < -0.39 is 27.2 Å². The smallest absolute Gasteiger partial charge is 0.312 e. The number of ether oxygens (including phenoxy) is 2. The molecule has 0 unspecified atom stereocenters. The highest BCUT2D eigenvalue weighted by Crippen LogP contribution is 2.31. The number of ketones is 1. The van der Waals surface area contributed by atoms with Crippen LogP contribution in [0.25, 0.3) is 0 Å². The van der Waals surface area contributed by atoms with Crippen molar-refractivity contribution < 1.29 is 27.6 Å². The summed E-state index contributed by atoms with van der Waals surface area (Å²) in [6.45, 7) is 8.20. The van der Waals surface area contributed by atoms with Crippen LogP contribution in [-0.2, 0) is 21.3 Å². The third-order valence-corrected chi connectivity index (χ3v) is 7.27. The number of hydrogen-bond acceptors (Lipinski definition) is 7. The number of carbonyl (C=O) groups is 1. The summed E-state index contributed by atoms with van der Waals surface area (Å²) in [5.41, 5.74) is 1.58. The highest BCUT2D eigenvalue weighted by atomic mass is 32.2. The normalized spacial score (nSPS) is 11.7. The van der Waals surface area contributed by atoms with Crippen LogP contribution in [0.15, 0.2) is 29.2 Å². The molecule has 1 aromatic carbocycles. The summed E-state index contributed by atoms with van der Waals surface area (Å²) in [4.78, 5) is 23.3. The molecule has 1 aromatic heterocycles. The van der Waals surface area contributed by atoms with Crippen molar-refractivity contribution in [2.24, 2.45) is 0 Å². The minimum Gasteiger partial charge on any atom is -0.478 e. The van der Waals surface area contributed by atoms with E-state index >= 15 is 0 Å². The molecule has 2 rings (SSSR count).